The summed E-state index contributed by atoms with van der Waals surface area (Å²) in [5, 5.41) is 3.61. The Bertz CT molecular complexity index is 308. The highest BCUT2D eigenvalue weighted by Crippen LogP contribution is 2.13. The summed E-state index contributed by atoms with van der Waals surface area (Å²) in [6, 6.07) is 10.7. The number of rotatable bonds is 9. The van der Waals surface area contributed by atoms with Crippen molar-refractivity contribution < 1.29 is 4.74 Å². The second-order valence-electron chi connectivity index (χ2n) is 5.35. The number of hydrogen-bond acceptors (Lipinski definition) is 2. The summed E-state index contributed by atoms with van der Waals surface area (Å²) < 4.78 is 5.34. The smallest absolute Gasteiger partial charge is 0.0477 e. The Hall–Kier alpha value is -0.860. The molecule has 0 saturated carbocycles. The summed E-state index contributed by atoms with van der Waals surface area (Å²) in [7, 11) is 0. The Morgan fingerprint density at radius 3 is 2.56 bits per heavy atom. The number of aryl methyl sites for hydroxylation is 1. The third kappa shape index (κ3) is 6.77. The van der Waals surface area contributed by atoms with Crippen LogP contribution in [0.1, 0.15) is 39.2 Å². The van der Waals surface area contributed by atoms with Gasteiger partial charge >= 0.3 is 0 Å². The van der Waals surface area contributed by atoms with Crippen LogP contribution in [0.2, 0.25) is 0 Å². The fourth-order valence-corrected chi connectivity index (χ4v) is 1.94. The van der Waals surface area contributed by atoms with E-state index in [-0.39, 0.29) is 5.54 Å². The highest BCUT2D eigenvalue weighted by atomic mass is 16.5. The molecule has 1 rings (SSSR count). The van der Waals surface area contributed by atoms with Gasteiger partial charge in [0, 0.05) is 18.8 Å². The maximum Gasteiger partial charge on any atom is 0.0477 e. The van der Waals surface area contributed by atoms with Gasteiger partial charge in [0.05, 0.1) is 0 Å². The van der Waals surface area contributed by atoms with Crippen LogP contribution in [0.3, 0.4) is 0 Å². The van der Waals surface area contributed by atoms with Crippen molar-refractivity contribution in [1.29, 1.82) is 0 Å². The monoisotopic (exact) mass is 249 g/mol. The molecule has 0 heterocycles. The summed E-state index contributed by atoms with van der Waals surface area (Å²) in [6.45, 7) is 9.29. The maximum absolute atomic E-state index is 5.34. The molecule has 0 aromatic heterocycles. The first kappa shape index (κ1) is 15.2. The normalized spacial score (nSPS) is 11.7. The van der Waals surface area contributed by atoms with Crippen LogP contribution in [-0.2, 0) is 11.2 Å². The predicted octanol–water partition coefficient (Wildman–Crippen LogP) is 3.41. The average molecular weight is 249 g/mol. The van der Waals surface area contributed by atoms with Crippen molar-refractivity contribution >= 4 is 0 Å². The fourth-order valence-electron chi connectivity index (χ4n) is 1.94. The molecule has 18 heavy (non-hydrogen) atoms. The van der Waals surface area contributed by atoms with Crippen LogP contribution < -0.4 is 5.32 Å². The lowest BCUT2D eigenvalue weighted by Gasteiger charge is -2.26. The van der Waals surface area contributed by atoms with Gasteiger partial charge in [-0.15, -0.1) is 0 Å². The van der Waals surface area contributed by atoms with E-state index in [1.54, 1.807) is 0 Å². The van der Waals surface area contributed by atoms with Gasteiger partial charge in [-0.2, -0.15) is 0 Å². The topological polar surface area (TPSA) is 21.3 Å². The van der Waals surface area contributed by atoms with Crippen molar-refractivity contribution in [2.75, 3.05) is 19.8 Å². The molecule has 102 valence electrons. The van der Waals surface area contributed by atoms with E-state index in [9.17, 15) is 0 Å². The zero-order valence-corrected chi connectivity index (χ0v) is 12.0. The number of hydrogen-bond donors (Lipinski definition) is 1. The third-order valence-electron chi connectivity index (χ3n) is 3.15. The van der Waals surface area contributed by atoms with Gasteiger partial charge in [0.25, 0.3) is 0 Å². The molecule has 1 N–H and O–H groups in total. The zero-order chi connectivity index (χ0) is 13.3. The van der Waals surface area contributed by atoms with Crippen LogP contribution in [0.15, 0.2) is 30.3 Å². The van der Waals surface area contributed by atoms with Crippen molar-refractivity contribution in [2.45, 2.75) is 45.6 Å². The van der Waals surface area contributed by atoms with Gasteiger partial charge in [0.15, 0.2) is 0 Å². The van der Waals surface area contributed by atoms with E-state index in [2.05, 4.69) is 49.5 Å². The summed E-state index contributed by atoms with van der Waals surface area (Å²) >= 11 is 0. The van der Waals surface area contributed by atoms with Gasteiger partial charge in [-0.05, 0) is 52.1 Å². The van der Waals surface area contributed by atoms with Crippen LogP contribution in [0.4, 0.5) is 0 Å². The third-order valence-corrected chi connectivity index (χ3v) is 3.15. The largest absolute Gasteiger partial charge is 0.382 e. The molecule has 1 aromatic rings. The van der Waals surface area contributed by atoms with Gasteiger partial charge in [-0.25, -0.2) is 0 Å². The molecule has 0 saturated heterocycles. The van der Waals surface area contributed by atoms with Gasteiger partial charge < -0.3 is 10.1 Å². The summed E-state index contributed by atoms with van der Waals surface area (Å²) in [6.07, 6.45) is 3.38. The van der Waals surface area contributed by atoms with E-state index in [1.807, 2.05) is 6.92 Å². The minimum absolute atomic E-state index is 0.196. The van der Waals surface area contributed by atoms with Crippen LogP contribution in [0.25, 0.3) is 0 Å². The van der Waals surface area contributed by atoms with E-state index in [0.717, 1.165) is 39.0 Å². The lowest BCUT2D eigenvalue weighted by Crippen LogP contribution is -2.40. The molecule has 0 radical (unpaired) electrons. The molecule has 0 bridgehead atoms. The van der Waals surface area contributed by atoms with E-state index in [1.165, 1.54) is 5.56 Å². The van der Waals surface area contributed by atoms with E-state index >= 15 is 0 Å². The van der Waals surface area contributed by atoms with E-state index < -0.39 is 0 Å². The fraction of sp³-hybridized carbons (Fsp3) is 0.625. The first-order valence-electron chi connectivity index (χ1n) is 7.01. The van der Waals surface area contributed by atoms with Crippen LogP contribution in [0.5, 0.6) is 0 Å². The molecular formula is C16H27NO. The first-order valence-corrected chi connectivity index (χ1v) is 7.01. The highest BCUT2D eigenvalue weighted by Gasteiger charge is 2.15. The maximum atomic E-state index is 5.34. The molecule has 0 spiro atoms. The highest BCUT2D eigenvalue weighted by molar-refractivity contribution is 5.15. The number of ether oxygens (including phenoxy) is 1. The second kappa shape index (κ2) is 8.28. The van der Waals surface area contributed by atoms with E-state index in [0.29, 0.717) is 0 Å². The second-order valence-corrected chi connectivity index (χ2v) is 5.35. The Morgan fingerprint density at radius 1 is 1.17 bits per heavy atom. The first-order chi connectivity index (χ1) is 8.64. The van der Waals surface area contributed by atoms with Gasteiger partial charge in [-0.1, -0.05) is 30.3 Å². The molecule has 0 aliphatic heterocycles. The average Bonchev–Trinajstić information content (AvgIpc) is 2.38. The minimum atomic E-state index is 0.196. The molecule has 0 atom stereocenters. The van der Waals surface area contributed by atoms with Crippen LogP contribution in [-0.4, -0.2) is 25.3 Å². The molecule has 2 nitrogen and oxygen atoms in total. The molecule has 0 fully saturated rings. The zero-order valence-electron chi connectivity index (χ0n) is 12.0. The standard InChI is InChI=1S/C16H27NO/c1-4-18-14-8-13-17-16(2,3)12-11-15-9-6-5-7-10-15/h5-7,9-10,17H,4,8,11-14H2,1-3H3. The number of nitrogens with one attached hydrogen (secondary N) is 1. The van der Waals surface area contributed by atoms with Crippen molar-refractivity contribution in [1.82, 2.24) is 5.32 Å². The SMILES string of the molecule is CCOCCCNC(C)(C)CCc1ccccc1. The Labute approximate surface area is 112 Å². The minimum Gasteiger partial charge on any atom is -0.382 e. The summed E-state index contributed by atoms with van der Waals surface area (Å²) in [4.78, 5) is 0. The molecule has 0 amide bonds. The van der Waals surface area contributed by atoms with Crippen molar-refractivity contribution in [3.05, 3.63) is 35.9 Å². The van der Waals surface area contributed by atoms with Crippen molar-refractivity contribution in [3.8, 4) is 0 Å². The molecule has 0 unspecified atom stereocenters. The number of benzene rings is 1. The van der Waals surface area contributed by atoms with E-state index in [4.69, 9.17) is 4.74 Å². The molecule has 2 heteroatoms. The van der Waals surface area contributed by atoms with Gasteiger partial charge in [0.1, 0.15) is 0 Å². The Kier molecular flexibility index (Phi) is 6.99. The Morgan fingerprint density at radius 2 is 1.89 bits per heavy atom. The summed E-state index contributed by atoms with van der Waals surface area (Å²) in [5.74, 6) is 0. The molecule has 0 aliphatic rings. The Balaban J connectivity index is 2.19. The van der Waals surface area contributed by atoms with Gasteiger partial charge in [0.2, 0.25) is 0 Å². The lowest BCUT2D eigenvalue weighted by atomic mass is 9.95. The van der Waals surface area contributed by atoms with Crippen LogP contribution in [0, 0.1) is 0 Å². The predicted molar refractivity (Wildman–Crippen MR) is 78.0 cm³/mol. The van der Waals surface area contributed by atoms with Crippen LogP contribution >= 0.6 is 0 Å². The van der Waals surface area contributed by atoms with Crippen molar-refractivity contribution in [3.63, 3.8) is 0 Å². The molecular weight excluding hydrogens is 222 g/mol. The van der Waals surface area contributed by atoms with Gasteiger partial charge in [-0.3, -0.25) is 0 Å². The quantitative estimate of drug-likeness (QED) is 0.677. The molecule has 1 aromatic carbocycles. The molecule has 0 aliphatic carbocycles. The summed E-state index contributed by atoms with van der Waals surface area (Å²) in [5.41, 5.74) is 1.61. The van der Waals surface area contributed by atoms with Crippen molar-refractivity contribution in [2.24, 2.45) is 0 Å². The lowest BCUT2D eigenvalue weighted by molar-refractivity contribution is 0.142.